The van der Waals surface area contributed by atoms with Crippen LogP contribution in [0.2, 0.25) is 0 Å². The Morgan fingerprint density at radius 1 is 1.15 bits per heavy atom. The summed E-state index contributed by atoms with van der Waals surface area (Å²) in [4.78, 5) is 17.1. The number of rotatable bonds is 5. The van der Waals surface area contributed by atoms with Crippen LogP contribution < -0.4 is 15.4 Å². The molecule has 0 radical (unpaired) electrons. The third kappa shape index (κ3) is 4.35. The van der Waals surface area contributed by atoms with Gasteiger partial charge in [0.2, 0.25) is 5.95 Å². The van der Waals surface area contributed by atoms with E-state index < -0.39 is 23.9 Å². The zero-order valence-electron chi connectivity index (χ0n) is 19.1. The van der Waals surface area contributed by atoms with E-state index in [9.17, 15) is 18.0 Å². The number of nitrogens with one attached hydrogen (secondary N) is 2. The Labute approximate surface area is 194 Å². The number of carbonyl (C=O) groups is 1. The van der Waals surface area contributed by atoms with Crippen molar-refractivity contribution in [3.05, 3.63) is 76.8 Å². The highest BCUT2D eigenvalue weighted by Gasteiger charge is 2.41. The summed E-state index contributed by atoms with van der Waals surface area (Å²) in [5.74, 6) is -1.14. The molecule has 0 saturated carbocycles. The summed E-state index contributed by atoms with van der Waals surface area (Å²) in [5.41, 5.74) is 2.70. The molecule has 0 saturated heterocycles. The number of carbonyl (C=O) groups excluding carboxylic acids is 1. The lowest BCUT2D eigenvalue weighted by Gasteiger charge is -2.29. The second-order valence-electron chi connectivity index (χ2n) is 8.24. The lowest BCUT2D eigenvalue weighted by atomic mass is 9.92. The quantitative estimate of drug-likeness (QED) is 0.524. The average Bonchev–Trinajstić information content (AvgIpc) is 3.22. The van der Waals surface area contributed by atoms with E-state index in [-0.39, 0.29) is 17.4 Å². The van der Waals surface area contributed by atoms with Crippen LogP contribution in [0.25, 0.3) is 0 Å². The van der Waals surface area contributed by atoms with Crippen molar-refractivity contribution in [3.63, 3.8) is 0 Å². The van der Waals surface area contributed by atoms with Gasteiger partial charge in [-0.25, -0.2) is 4.68 Å². The Balaban J connectivity index is 1.81. The van der Waals surface area contributed by atoms with Crippen LogP contribution in [-0.2, 0) is 11.0 Å². The van der Waals surface area contributed by atoms with Crippen molar-refractivity contribution in [2.45, 2.75) is 38.9 Å². The molecule has 10 heteroatoms. The van der Waals surface area contributed by atoms with Crippen molar-refractivity contribution < 1.29 is 22.7 Å². The first-order valence-corrected chi connectivity index (χ1v) is 10.7. The highest BCUT2D eigenvalue weighted by molar-refractivity contribution is 6.06. The van der Waals surface area contributed by atoms with Crippen molar-refractivity contribution in [1.29, 1.82) is 0 Å². The van der Waals surface area contributed by atoms with Gasteiger partial charge in [0.1, 0.15) is 11.8 Å². The van der Waals surface area contributed by atoms with Gasteiger partial charge >= 0.3 is 6.18 Å². The number of amides is 1. The summed E-state index contributed by atoms with van der Waals surface area (Å²) >= 11 is 0. The van der Waals surface area contributed by atoms with Gasteiger partial charge in [0.05, 0.1) is 18.4 Å². The third-order valence-corrected chi connectivity index (χ3v) is 5.62. The molecule has 7 nitrogen and oxygen atoms in total. The third-order valence-electron chi connectivity index (χ3n) is 5.62. The van der Waals surface area contributed by atoms with Gasteiger partial charge in [-0.1, -0.05) is 50.2 Å². The van der Waals surface area contributed by atoms with Crippen LogP contribution in [0.3, 0.4) is 0 Å². The average molecular weight is 471 g/mol. The Bertz CT molecular complexity index is 1250. The van der Waals surface area contributed by atoms with E-state index in [1.54, 1.807) is 43.3 Å². The minimum atomic E-state index is -4.73. The number of aromatic nitrogens is 3. The van der Waals surface area contributed by atoms with Gasteiger partial charge in [0, 0.05) is 5.70 Å². The molecule has 0 aliphatic carbocycles. The molecule has 2 heterocycles. The van der Waals surface area contributed by atoms with Crippen molar-refractivity contribution in [3.8, 4) is 5.75 Å². The number of para-hydroxylation sites is 2. The van der Waals surface area contributed by atoms with Gasteiger partial charge in [-0.15, -0.1) is 5.10 Å². The maximum Gasteiger partial charge on any atom is 0.453 e. The molecule has 178 valence electrons. The first-order valence-electron chi connectivity index (χ1n) is 10.7. The van der Waals surface area contributed by atoms with Gasteiger partial charge in [-0.3, -0.25) is 4.79 Å². The van der Waals surface area contributed by atoms with Crippen LogP contribution in [0.1, 0.15) is 49.7 Å². The molecule has 2 aromatic carbocycles. The number of anilines is 2. The predicted octanol–water partition coefficient (Wildman–Crippen LogP) is 5.36. The summed E-state index contributed by atoms with van der Waals surface area (Å²) in [5, 5.41) is 9.34. The number of ether oxygens (including phenoxy) is 1. The number of allylic oxidation sites excluding steroid dienone is 1. The summed E-state index contributed by atoms with van der Waals surface area (Å²) in [6.45, 7) is 5.71. The van der Waals surface area contributed by atoms with E-state index in [4.69, 9.17) is 4.74 Å². The lowest BCUT2D eigenvalue weighted by Crippen LogP contribution is -2.31. The van der Waals surface area contributed by atoms with Crippen molar-refractivity contribution in [2.75, 3.05) is 17.7 Å². The number of hydrogen-bond donors (Lipinski definition) is 2. The molecule has 1 amide bonds. The molecule has 4 rings (SSSR count). The summed E-state index contributed by atoms with van der Waals surface area (Å²) in [6.07, 6.45) is -4.73. The zero-order valence-corrected chi connectivity index (χ0v) is 19.1. The molecular weight excluding hydrogens is 447 g/mol. The fourth-order valence-corrected chi connectivity index (χ4v) is 3.87. The number of nitrogens with zero attached hydrogens (tertiary/aromatic N) is 3. The molecule has 3 aromatic rings. The second kappa shape index (κ2) is 8.85. The number of alkyl halides is 3. The normalized spacial score (nSPS) is 15.7. The number of methoxy groups -OCH3 is 1. The highest BCUT2D eigenvalue weighted by atomic mass is 19.4. The smallest absolute Gasteiger partial charge is 0.453 e. The number of halogens is 3. The van der Waals surface area contributed by atoms with E-state index >= 15 is 0 Å². The maximum absolute atomic E-state index is 13.5. The van der Waals surface area contributed by atoms with E-state index in [1.807, 2.05) is 26.0 Å². The minimum absolute atomic E-state index is 0.0865. The molecule has 34 heavy (non-hydrogen) atoms. The second-order valence-corrected chi connectivity index (χ2v) is 8.24. The molecule has 1 atom stereocenters. The van der Waals surface area contributed by atoms with Crippen LogP contribution in [0, 0.1) is 0 Å². The van der Waals surface area contributed by atoms with Crippen LogP contribution in [0.15, 0.2) is 59.8 Å². The molecule has 0 spiro atoms. The molecule has 1 aromatic heterocycles. The maximum atomic E-state index is 13.5. The number of hydrogen-bond acceptors (Lipinski definition) is 5. The minimum Gasteiger partial charge on any atom is -0.495 e. The first kappa shape index (κ1) is 23.3. The van der Waals surface area contributed by atoms with Gasteiger partial charge in [0.15, 0.2) is 0 Å². The lowest BCUT2D eigenvalue weighted by molar-refractivity contribution is -0.145. The van der Waals surface area contributed by atoms with E-state index in [0.717, 1.165) is 10.2 Å². The van der Waals surface area contributed by atoms with E-state index in [2.05, 4.69) is 20.7 Å². The summed E-state index contributed by atoms with van der Waals surface area (Å²) in [6, 6.07) is 13.4. The molecular formula is C24H24F3N5O2. The first-order chi connectivity index (χ1) is 16.1. The van der Waals surface area contributed by atoms with Crippen LogP contribution in [-0.4, -0.2) is 27.8 Å². The van der Waals surface area contributed by atoms with E-state index in [1.165, 1.54) is 7.11 Å². The van der Waals surface area contributed by atoms with Crippen LogP contribution in [0.5, 0.6) is 5.75 Å². The summed E-state index contributed by atoms with van der Waals surface area (Å²) in [7, 11) is 1.48. The largest absolute Gasteiger partial charge is 0.495 e. The predicted molar refractivity (Wildman–Crippen MR) is 122 cm³/mol. The van der Waals surface area contributed by atoms with E-state index in [0.29, 0.717) is 22.7 Å². The fourth-order valence-electron chi connectivity index (χ4n) is 3.87. The molecule has 1 unspecified atom stereocenters. The van der Waals surface area contributed by atoms with Crippen LogP contribution in [0.4, 0.5) is 24.8 Å². The molecule has 2 N–H and O–H groups in total. The Kier molecular flexibility index (Phi) is 6.07. The van der Waals surface area contributed by atoms with Crippen molar-refractivity contribution >= 4 is 17.5 Å². The molecule has 1 aliphatic rings. The Hall–Kier alpha value is -3.82. The topological polar surface area (TPSA) is 81.1 Å². The fraction of sp³-hybridized carbons (Fsp3) is 0.292. The summed E-state index contributed by atoms with van der Waals surface area (Å²) < 4.78 is 46.6. The standard InChI is InChI=1S/C24H24F3N5O2/c1-13(2)15-9-11-16(12-10-15)20-19(21(33)29-17-7-5-6-8-18(17)34-4)14(3)28-23-30-22(24(25,26)27)31-32(20)23/h5-13,20H,1-4H3,(H,29,33)(H,28,30,31). The molecule has 1 aliphatic heterocycles. The Morgan fingerprint density at radius 3 is 2.44 bits per heavy atom. The molecule has 0 fully saturated rings. The van der Waals surface area contributed by atoms with Gasteiger partial charge in [0.25, 0.3) is 11.7 Å². The monoisotopic (exact) mass is 471 g/mol. The van der Waals surface area contributed by atoms with Crippen molar-refractivity contribution in [2.24, 2.45) is 0 Å². The Morgan fingerprint density at radius 2 is 1.82 bits per heavy atom. The van der Waals surface area contributed by atoms with Gasteiger partial charge in [-0.2, -0.15) is 18.2 Å². The van der Waals surface area contributed by atoms with Gasteiger partial charge in [-0.05, 0) is 36.1 Å². The van der Waals surface area contributed by atoms with Gasteiger partial charge < -0.3 is 15.4 Å². The highest BCUT2D eigenvalue weighted by Crippen LogP contribution is 2.38. The van der Waals surface area contributed by atoms with Crippen LogP contribution >= 0.6 is 0 Å². The van der Waals surface area contributed by atoms with Crippen molar-refractivity contribution in [1.82, 2.24) is 14.8 Å². The number of fused-ring (bicyclic) bond motifs is 1. The zero-order chi connectivity index (χ0) is 24.6. The SMILES string of the molecule is COc1ccccc1NC(=O)C1=C(C)Nc2nc(C(F)(F)F)nn2C1c1ccc(C(C)C)cc1. The number of benzene rings is 2. The molecule has 0 bridgehead atoms.